The first-order chi connectivity index (χ1) is 5.84. The number of carboxylic acids is 1. The van der Waals surface area contributed by atoms with E-state index in [9.17, 15) is 9.59 Å². The molecule has 0 aliphatic rings. The van der Waals surface area contributed by atoms with E-state index in [0.29, 0.717) is 0 Å². The van der Waals surface area contributed by atoms with Crippen LogP contribution in [-0.4, -0.2) is 20.6 Å². The average Bonchev–Trinajstić information content (AvgIpc) is 2.28. The highest BCUT2D eigenvalue weighted by Crippen LogP contribution is 2.13. The van der Waals surface area contributed by atoms with E-state index in [1.54, 1.807) is 20.8 Å². The second-order valence-electron chi connectivity index (χ2n) is 3.79. The number of H-pyrrole nitrogens is 1. The van der Waals surface area contributed by atoms with E-state index in [1.165, 1.54) is 10.8 Å². The Kier molecular flexibility index (Phi) is 2.03. The van der Waals surface area contributed by atoms with E-state index < -0.39 is 17.2 Å². The summed E-state index contributed by atoms with van der Waals surface area (Å²) < 4.78 is 1.22. The molecule has 5 heteroatoms. The van der Waals surface area contributed by atoms with Gasteiger partial charge in [0.2, 0.25) is 0 Å². The lowest BCUT2D eigenvalue weighted by Gasteiger charge is -2.20. The van der Waals surface area contributed by atoms with Crippen molar-refractivity contribution in [3.63, 3.8) is 0 Å². The van der Waals surface area contributed by atoms with E-state index in [0.717, 1.165) is 0 Å². The third-order valence-corrected chi connectivity index (χ3v) is 1.67. The van der Waals surface area contributed by atoms with Gasteiger partial charge in [-0.05, 0) is 20.8 Å². The van der Waals surface area contributed by atoms with Gasteiger partial charge in [-0.25, -0.2) is 9.59 Å². The summed E-state index contributed by atoms with van der Waals surface area (Å²) in [7, 11) is 0. The minimum Gasteiger partial charge on any atom is -0.477 e. The van der Waals surface area contributed by atoms with Crippen molar-refractivity contribution in [3.05, 3.63) is 22.4 Å². The molecule has 0 aromatic carbocycles. The minimum atomic E-state index is -1.10. The van der Waals surface area contributed by atoms with Gasteiger partial charge < -0.3 is 10.1 Å². The van der Waals surface area contributed by atoms with Gasteiger partial charge in [-0.1, -0.05) is 0 Å². The molecule has 0 unspecified atom stereocenters. The van der Waals surface area contributed by atoms with Crippen LogP contribution in [0, 0.1) is 0 Å². The molecule has 1 rings (SSSR count). The number of nitrogens with zero attached hydrogens (tertiary/aromatic N) is 1. The number of carbonyl (C=O) groups is 1. The Labute approximate surface area is 75.0 Å². The fourth-order valence-electron chi connectivity index (χ4n) is 1.19. The molecule has 0 saturated carbocycles. The molecule has 0 aliphatic carbocycles. The molecular weight excluding hydrogens is 172 g/mol. The van der Waals surface area contributed by atoms with Crippen molar-refractivity contribution in [1.82, 2.24) is 9.55 Å². The van der Waals surface area contributed by atoms with Crippen molar-refractivity contribution >= 4 is 5.97 Å². The average molecular weight is 184 g/mol. The largest absolute Gasteiger partial charge is 0.477 e. The van der Waals surface area contributed by atoms with Crippen LogP contribution in [0.2, 0.25) is 0 Å². The summed E-state index contributed by atoms with van der Waals surface area (Å²) >= 11 is 0. The number of aromatic amines is 1. The standard InChI is InChI=1S/C8H12N2O3/c1-8(2,3)10-5(6(11)12)4-9-7(10)13/h4H,1-3H3,(H,9,13)(H,11,12). The molecule has 1 aromatic rings. The summed E-state index contributed by atoms with van der Waals surface area (Å²) in [6.07, 6.45) is 1.20. The first-order valence-electron chi connectivity index (χ1n) is 3.88. The molecule has 0 fully saturated rings. The Morgan fingerprint density at radius 1 is 1.54 bits per heavy atom. The predicted octanol–water partition coefficient (Wildman–Crippen LogP) is 0.630. The first kappa shape index (κ1) is 9.57. The minimum absolute atomic E-state index is 0.0162. The molecule has 0 bridgehead atoms. The molecule has 5 nitrogen and oxygen atoms in total. The molecule has 0 aliphatic heterocycles. The van der Waals surface area contributed by atoms with Gasteiger partial charge in [-0.15, -0.1) is 0 Å². The highest BCUT2D eigenvalue weighted by molar-refractivity contribution is 5.85. The molecule has 1 heterocycles. The monoisotopic (exact) mass is 184 g/mol. The van der Waals surface area contributed by atoms with Crippen molar-refractivity contribution in [3.8, 4) is 0 Å². The Hall–Kier alpha value is -1.52. The topological polar surface area (TPSA) is 75.1 Å². The van der Waals surface area contributed by atoms with Crippen molar-refractivity contribution < 1.29 is 9.90 Å². The highest BCUT2D eigenvalue weighted by atomic mass is 16.4. The number of aromatic nitrogens is 2. The van der Waals surface area contributed by atoms with Crippen LogP contribution in [0.4, 0.5) is 0 Å². The summed E-state index contributed by atoms with van der Waals surface area (Å²) in [5.74, 6) is -1.10. The second kappa shape index (κ2) is 2.76. The summed E-state index contributed by atoms with van der Waals surface area (Å²) in [4.78, 5) is 24.3. The molecule has 1 aromatic heterocycles. The lowest BCUT2D eigenvalue weighted by atomic mass is 10.1. The van der Waals surface area contributed by atoms with Crippen molar-refractivity contribution in [1.29, 1.82) is 0 Å². The van der Waals surface area contributed by atoms with Gasteiger partial charge in [0.1, 0.15) is 5.69 Å². The maximum absolute atomic E-state index is 11.2. The van der Waals surface area contributed by atoms with Gasteiger partial charge in [0.25, 0.3) is 0 Å². The molecule has 0 saturated heterocycles. The van der Waals surface area contributed by atoms with Crippen LogP contribution in [0.25, 0.3) is 0 Å². The van der Waals surface area contributed by atoms with Gasteiger partial charge in [-0.2, -0.15) is 0 Å². The SMILES string of the molecule is CC(C)(C)n1c(C(=O)O)c[nH]c1=O. The molecule has 0 amide bonds. The lowest BCUT2D eigenvalue weighted by Crippen LogP contribution is -2.34. The molecular formula is C8H12N2O3. The van der Waals surface area contributed by atoms with E-state index in [1.807, 2.05) is 0 Å². The zero-order chi connectivity index (χ0) is 10.2. The maximum Gasteiger partial charge on any atom is 0.354 e. The van der Waals surface area contributed by atoms with Crippen LogP contribution in [0.15, 0.2) is 11.0 Å². The van der Waals surface area contributed by atoms with Crippen LogP contribution in [-0.2, 0) is 5.54 Å². The van der Waals surface area contributed by atoms with Gasteiger partial charge in [0, 0.05) is 11.7 Å². The van der Waals surface area contributed by atoms with E-state index in [4.69, 9.17) is 5.11 Å². The molecule has 2 N–H and O–H groups in total. The van der Waals surface area contributed by atoms with E-state index in [2.05, 4.69) is 4.98 Å². The second-order valence-corrected chi connectivity index (χ2v) is 3.79. The number of hydrogen-bond acceptors (Lipinski definition) is 2. The van der Waals surface area contributed by atoms with Crippen LogP contribution >= 0.6 is 0 Å². The summed E-state index contributed by atoms with van der Waals surface area (Å²) in [6.45, 7) is 5.32. The van der Waals surface area contributed by atoms with Gasteiger partial charge >= 0.3 is 11.7 Å². The smallest absolute Gasteiger partial charge is 0.354 e. The number of nitrogens with one attached hydrogen (secondary N) is 1. The Bertz CT molecular complexity index is 381. The van der Waals surface area contributed by atoms with Crippen molar-refractivity contribution in [2.24, 2.45) is 0 Å². The summed E-state index contributed by atoms with van der Waals surface area (Å²) in [6, 6.07) is 0. The highest BCUT2D eigenvalue weighted by Gasteiger charge is 2.22. The summed E-state index contributed by atoms with van der Waals surface area (Å²) in [5, 5.41) is 8.76. The molecule has 72 valence electrons. The van der Waals surface area contributed by atoms with E-state index in [-0.39, 0.29) is 5.69 Å². The number of carboxylic acid groups (broad SMARTS) is 1. The summed E-state index contributed by atoms with van der Waals surface area (Å²) in [5.41, 5.74) is -0.937. The molecule has 13 heavy (non-hydrogen) atoms. The molecule has 0 atom stereocenters. The van der Waals surface area contributed by atoms with Crippen molar-refractivity contribution in [2.45, 2.75) is 26.3 Å². The van der Waals surface area contributed by atoms with E-state index >= 15 is 0 Å². The van der Waals surface area contributed by atoms with Crippen LogP contribution in [0.3, 0.4) is 0 Å². The quantitative estimate of drug-likeness (QED) is 0.672. The maximum atomic E-state index is 11.2. The Morgan fingerprint density at radius 3 is 2.38 bits per heavy atom. The number of aromatic carboxylic acids is 1. The predicted molar refractivity (Wildman–Crippen MR) is 47.0 cm³/mol. The zero-order valence-corrected chi connectivity index (χ0v) is 7.79. The number of rotatable bonds is 1. The van der Waals surface area contributed by atoms with Gasteiger partial charge in [0.15, 0.2) is 0 Å². The third-order valence-electron chi connectivity index (χ3n) is 1.67. The third kappa shape index (κ3) is 1.63. The molecule has 0 radical (unpaired) electrons. The Balaban J connectivity index is 3.42. The van der Waals surface area contributed by atoms with Crippen LogP contribution in [0.1, 0.15) is 31.3 Å². The van der Waals surface area contributed by atoms with Crippen molar-refractivity contribution in [2.75, 3.05) is 0 Å². The van der Waals surface area contributed by atoms with Gasteiger partial charge in [0.05, 0.1) is 0 Å². The zero-order valence-electron chi connectivity index (χ0n) is 7.79. The van der Waals surface area contributed by atoms with Crippen LogP contribution < -0.4 is 5.69 Å². The van der Waals surface area contributed by atoms with Gasteiger partial charge in [-0.3, -0.25) is 4.57 Å². The Morgan fingerprint density at radius 2 is 2.08 bits per heavy atom. The normalized spacial score (nSPS) is 11.6. The van der Waals surface area contributed by atoms with Crippen LogP contribution in [0.5, 0.6) is 0 Å². The first-order valence-corrected chi connectivity index (χ1v) is 3.88. The molecule has 0 spiro atoms. The fourth-order valence-corrected chi connectivity index (χ4v) is 1.19. The number of imidazole rings is 1. The fraction of sp³-hybridized carbons (Fsp3) is 0.500. The lowest BCUT2D eigenvalue weighted by molar-refractivity contribution is 0.0677. The number of hydrogen-bond donors (Lipinski definition) is 2.